The summed E-state index contributed by atoms with van der Waals surface area (Å²) in [5.41, 5.74) is 7.45. The summed E-state index contributed by atoms with van der Waals surface area (Å²) in [5, 5.41) is 0. The maximum absolute atomic E-state index is 13.2. The Kier molecular flexibility index (Phi) is 2.04. The largest absolute Gasteiger partial charge is 0.434 e. The summed E-state index contributed by atoms with van der Waals surface area (Å²) in [4.78, 5) is 8.21. The number of halogens is 1. The monoisotopic (exact) mass is 229 g/mol. The first kappa shape index (κ1) is 9.77. The highest BCUT2D eigenvalue weighted by Crippen LogP contribution is 2.25. The van der Waals surface area contributed by atoms with Gasteiger partial charge in [0.05, 0.1) is 0 Å². The molecule has 1 aromatic carbocycles. The molecule has 2 N–H and O–H groups in total. The zero-order valence-corrected chi connectivity index (χ0v) is 8.72. The molecule has 4 nitrogen and oxygen atoms in total. The first-order valence-corrected chi connectivity index (χ1v) is 5.00. The molecule has 0 unspecified atom stereocenters. The lowest BCUT2D eigenvalue weighted by atomic mass is 10.2. The fourth-order valence-electron chi connectivity index (χ4n) is 1.63. The molecule has 3 aromatic rings. The minimum Gasteiger partial charge on any atom is -0.434 e. The highest BCUT2D eigenvalue weighted by molar-refractivity contribution is 5.72. The van der Waals surface area contributed by atoms with Gasteiger partial charge in [-0.15, -0.1) is 0 Å². The highest BCUT2D eigenvalue weighted by atomic mass is 19.1. The minimum absolute atomic E-state index is 0.310. The summed E-state index contributed by atoms with van der Waals surface area (Å²) in [6.07, 6.45) is 1.62. The average Bonchev–Trinajstić information content (AvgIpc) is 2.71. The van der Waals surface area contributed by atoms with Crippen molar-refractivity contribution in [1.82, 2.24) is 9.97 Å². The van der Waals surface area contributed by atoms with E-state index < -0.39 is 5.82 Å². The van der Waals surface area contributed by atoms with Crippen LogP contribution < -0.4 is 5.73 Å². The molecule has 5 heteroatoms. The molecule has 84 valence electrons. The molecule has 0 fully saturated rings. The highest BCUT2D eigenvalue weighted by Gasteiger charge is 2.10. The number of nitrogens with zero attached hydrogens (tertiary/aromatic N) is 2. The van der Waals surface area contributed by atoms with Gasteiger partial charge in [0.2, 0.25) is 5.89 Å². The van der Waals surface area contributed by atoms with E-state index in [1.54, 1.807) is 24.4 Å². The number of aromatic nitrogens is 2. The number of benzene rings is 1. The number of hydrogen-bond acceptors (Lipinski definition) is 4. The van der Waals surface area contributed by atoms with Crippen LogP contribution in [0.2, 0.25) is 0 Å². The number of nitrogen functional groups attached to an aromatic ring is 1. The van der Waals surface area contributed by atoms with Crippen molar-refractivity contribution in [3.63, 3.8) is 0 Å². The van der Waals surface area contributed by atoms with Gasteiger partial charge in [-0.25, -0.2) is 9.37 Å². The van der Waals surface area contributed by atoms with Gasteiger partial charge in [-0.05, 0) is 30.3 Å². The molecule has 0 saturated heterocycles. The van der Waals surface area contributed by atoms with Crippen LogP contribution in [0.1, 0.15) is 0 Å². The Hall–Kier alpha value is -2.43. The molecule has 0 aliphatic carbocycles. The van der Waals surface area contributed by atoms with Crippen LogP contribution in [0.4, 0.5) is 10.1 Å². The summed E-state index contributed by atoms with van der Waals surface area (Å²) in [6.45, 7) is 0. The Bertz CT molecular complexity index is 640. The van der Waals surface area contributed by atoms with E-state index in [9.17, 15) is 4.39 Å². The van der Waals surface area contributed by atoms with Crippen LogP contribution in [0.15, 0.2) is 40.9 Å². The average molecular weight is 229 g/mol. The molecular weight excluding hydrogens is 221 g/mol. The molecule has 0 saturated carbocycles. The lowest BCUT2D eigenvalue weighted by Crippen LogP contribution is -1.88. The number of oxazole rings is 1. The van der Waals surface area contributed by atoms with Crippen LogP contribution in [0, 0.1) is 5.82 Å². The van der Waals surface area contributed by atoms with Gasteiger partial charge in [-0.1, -0.05) is 0 Å². The Morgan fingerprint density at radius 3 is 2.88 bits per heavy atom. The number of hydrogen-bond donors (Lipinski definition) is 1. The van der Waals surface area contributed by atoms with Crippen molar-refractivity contribution in [2.24, 2.45) is 0 Å². The zero-order valence-electron chi connectivity index (χ0n) is 8.72. The van der Waals surface area contributed by atoms with Crippen molar-refractivity contribution in [1.29, 1.82) is 0 Å². The predicted molar refractivity (Wildman–Crippen MR) is 61.6 cm³/mol. The molecule has 0 aliphatic rings. The number of nitrogens with two attached hydrogens (primary N) is 1. The third-order valence-electron chi connectivity index (χ3n) is 2.33. The van der Waals surface area contributed by atoms with Crippen molar-refractivity contribution in [2.45, 2.75) is 0 Å². The van der Waals surface area contributed by atoms with E-state index in [4.69, 9.17) is 10.2 Å². The minimum atomic E-state index is -0.421. The first-order chi connectivity index (χ1) is 8.22. The van der Waals surface area contributed by atoms with Crippen LogP contribution in [0.3, 0.4) is 0 Å². The van der Waals surface area contributed by atoms with Gasteiger partial charge >= 0.3 is 0 Å². The summed E-state index contributed by atoms with van der Waals surface area (Å²) in [7, 11) is 0. The quantitative estimate of drug-likeness (QED) is 0.651. The number of rotatable bonds is 1. The summed E-state index contributed by atoms with van der Waals surface area (Å²) < 4.78 is 18.7. The van der Waals surface area contributed by atoms with Crippen LogP contribution >= 0.6 is 0 Å². The van der Waals surface area contributed by atoms with Crippen molar-refractivity contribution >= 4 is 16.9 Å². The van der Waals surface area contributed by atoms with Gasteiger partial charge in [-0.2, -0.15) is 4.98 Å². The molecule has 0 radical (unpaired) electrons. The van der Waals surface area contributed by atoms with E-state index in [1.165, 1.54) is 12.1 Å². The van der Waals surface area contributed by atoms with E-state index in [0.717, 1.165) is 0 Å². The molecule has 2 aromatic heterocycles. The van der Waals surface area contributed by atoms with E-state index in [-0.39, 0.29) is 0 Å². The Balaban J connectivity index is 2.20. The van der Waals surface area contributed by atoms with Gasteiger partial charge in [-0.3, -0.25) is 0 Å². The Labute approximate surface area is 95.9 Å². The predicted octanol–water partition coefficient (Wildman–Crippen LogP) is 2.61. The molecule has 0 spiro atoms. The van der Waals surface area contributed by atoms with Gasteiger partial charge < -0.3 is 10.2 Å². The third-order valence-corrected chi connectivity index (χ3v) is 2.33. The normalized spacial score (nSPS) is 10.9. The van der Waals surface area contributed by atoms with E-state index in [2.05, 4.69) is 9.97 Å². The second kappa shape index (κ2) is 3.55. The van der Waals surface area contributed by atoms with Gasteiger partial charge in [0.1, 0.15) is 5.82 Å². The standard InChI is InChI=1S/C12H8FN3O/c13-8-4-7(5-9(14)6-8)12-16-11-10(17-12)2-1-3-15-11/h1-6H,14H2. The number of anilines is 1. The SMILES string of the molecule is Nc1cc(F)cc(-c2nc3ncccc3o2)c1. The van der Waals surface area contributed by atoms with E-state index in [1.807, 2.05) is 0 Å². The first-order valence-electron chi connectivity index (χ1n) is 5.00. The summed E-state index contributed by atoms with van der Waals surface area (Å²) in [5.74, 6) is -0.111. The molecule has 2 heterocycles. The Morgan fingerprint density at radius 1 is 1.24 bits per heavy atom. The van der Waals surface area contributed by atoms with Gasteiger partial charge in [0.15, 0.2) is 11.2 Å². The van der Waals surface area contributed by atoms with Crippen molar-refractivity contribution < 1.29 is 8.81 Å². The van der Waals surface area contributed by atoms with Crippen LogP contribution in [-0.4, -0.2) is 9.97 Å². The van der Waals surface area contributed by atoms with E-state index in [0.29, 0.717) is 28.4 Å². The van der Waals surface area contributed by atoms with Gasteiger partial charge in [0, 0.05) is 17.4 Å². The van der Waals surface area contributed by atoms with Crippen LogP contribution in [0.5, 0.6) is 0 Å². The number of fused-ring (bicyclic) bond motifs is 1. The van der Waals surface area contributed by atoms with Crippen molar-refractivity contribution in [2.75, 3.05) is 5.73 Å². The maximum atomic E-state index is 13.2. The molecule has 3 rings (SSSR count). The summed E-state index contributed by atoms with van der Waals surface area (Å²) >= 11 is 0. The molecule has 0 amide bonds. The second-order valence-corrected chi connectivity index (χ2v) is 3.62. The molecular formula is C12H8FN3O. The fraction of sp³-hybridized carbons (Fsp3) is 0. The second-order valence-electron chi connectivity index (χ2n) is 3.62. The van der Waals surface area contributed by atoms with Crippen molar-refractivity contribution in [3.8, 4) is 11.5 Å². The molecule has 0 atom stereocenters. The van der Waals surface area contributed by atoms with Crippen LogP contribution in [0.25, 0.3) is 22.7 Å². The van der Waals surface area contributed by atoms with Crippen LogP contribution in [-0.2, 0) is 0 Å². The molecule has 0 aliphatic heterocycles. The van der Waals surface area contributed by atoms with E-state index >= 15 is 0 Å². The fourth-order valence-corrected chi connectivity index (χ4v) is 1.63. The maximum Gasteiger partial charge on any atom is 0.229 e. The number of pyridine rings is 1. The third kappa shape index (κ3) is 1.71. The zero-order chi connectivity index (χ0) is 11.8. The topological polar surface area (TPSA) is 64.9 Å². The van der Waals surface area contributed by atoms with Crippen molar-refractivity contribution in [3.05, 3.63) is 42.3 Å². The lowest BCUT2D eigenvalue weighted by molar-refractivity contribution is 0.611. The molecule has 17 heavy (non-hydrogen) atoms. The lowest BCUT2D eigenvalue weighted by Gasteiger charge is -1.98. The Morgan fingerprint density at radius 2 is 2.12 bits per heavy atom. The molecule has 0 bridgehead atoms. The van der Waals surface area contributed by atoms with Gasteiger partial charge in [0.25, 0.3) is 0 Å². The summed E-state index contributed by atoms with van der Waals surface area (Å²) in [6, 6.07) is 7.66. The smallest absolute Gasteiger partial charge is 0.229 e.